The molecule has 5 heteroatoms. The lowest BCUT2D eigenvalue weighted by molar-refractivity contribution is 0.189. The lowest BCUT2D eigenvalue weighted by atomic mass is 9.87. The Morgan fingerprint density at radius 2 is 2.00 bits per heavy atom. The highest BCUT2D eigenvalue weighted by atomic mass is 16.5. The number of hydrogen-bond donors (Lipinski definition) is 0. The van der Waals surface area contributed by atoms with Crippen molar-refractivity contribution in [2.75, 3.05) is 13.1 Å². The van der Waals surface area contributed by atoms with Crippen molar-refractivity contribution in [1.29, 1.82) is 0 Å². The molecule has 3 heterocycles. The fourth-order valence-corrected chi connectivity index (χ4v) is 4.29. The van der Waals surface area contributed by atoms with Crippen LogP contribution >= 0.6 is 0 Å². The van der Waals surface area contributed by atoms with Gasteiger partial charge in [-0.05, 0) is 65.5 Å². The minimum Gasteiger partial charge on any atom is -0.361 e. The Kier molecular flexibility index (Phi) is 4.44. The second-order valence-electron chi connectivity index (χ2n) is 7.30. The van der Waals surface area contributed by atoms with Crippen LogP contribution in [0, 0.1) is 6.92 Å². The Labute approximate surface area is 144 Å². The lowest BCUT2D eigenvalue weighted by Gasteiger charge is -2.31. The number of hydrogen-bond acceptors (Lipinski definition) is 4. The van der Waals surface area contributed by atoms with Crippen LogP contribution in [0.4, 0.5) is 0 Å². The molecule has 0 aromatic carbocycles. The SMILES string of the molecule is CCn1ncc(CN2CCC(c3onc4c3CCCC4)CC2)c1C. The predicted octanol–water partition coefficient (Wildman–Crippen LogP) is 3.46. The van der Waals surface area contributed by atoms with Crippen LogP contribution < -0.4 is 0 Å². The Morgan fingerprint density at radius 3 is 2.75 bits per heavy atom. The van der Waals surface area contributed by atoms with Gasteiger partial charge >= 0.3 is 0 Å². The van der Waals surface area contributed by atoms with Crippen LogP contribution in [0.5, 0.6) is 0 Å². The van der Waals surface area contributed by atoms with E-state index in [1.54, 1.807) is 0 Å². The average Bonchev–Trinajstić information content (AvgIpc) is 3.20. The van der Waals surface area contributed by atoms with Crippen LogP contribution in [0.1, 0.15) is 66.8 Å². The standard InChI is InChI=1S/C19H28N4O/c1-3-23-14(2)16(12-20-23)13-22-10-8-15(9-11-22)19-17-6-4-5-7-18(17)21-24-19/h12,15H,3-11,13H2,1-2H3. The molecule has 2 aliphatic rings. The summed E-state index contributed by atoms with van der Waals surface area (Å²) in [6.45, 7) is 8.57. The molecular formula is C19H28N4O. The molecule has 24 heavy (non-hydrogen) atoms. The molecule has 1 saturated heterocycles. The third-order valence-corrected chi connectivity index (χ3v) is 5.85. The number of aromatic nitrogens is 3. The topological polar surface area (TPSA) is 47.1 Å². The lowest BCUT2D eigenvalue weighted by Crippen LogP contribution is -2.32. The number of aryl methyl sites for hydroxylation is 2. The first-order valence-electron chi connectivity index (χ1n) is 9.47. The normalized spacial score (nSPS) is 19.6. The third kappa shape index (κ3) is 2.90. The highest BCUT2D eigenvalue weighted by molar-refractivity contribution is 5.28. The molecule has 1 fully saturated rings. The Balaban J connectivity index is 1.38. The van der Waals surface area contributed by atoms with Crippen molar-refractivity contribution in [3.05, 3.63) is 34.5 Å². The molecule has 130 valence electrons. The number of rotatable bonds is 4. The molecule has 2 aromatic rings. The Morgan fingerprint density at radius 1 is 1.21 bits per heavy atom. The monoisotopic (exact) mass is 328 g/mol. The van der Waals surface area contributed by atoms with E-state index in [9.17, 15) is 0 Å². The summed E-state index contributed by atoms with van der Waals surface area (Å²) >= 11 is 0. The van der Waals surface area contributed by atoms with Gasteiger partial charge in [0.25, 0.3) is 0 Å². The minimum absolute atomic E-state index is 0.565. The van der Waals surface area contributed by atoms with Crippen LogP contribution in [-0.4, -0.2) is 32.9 Å². The van der Waals surface area contributed by atoms with E-state index in [1.165, 1.54) is 60.4 Å². The summed E-state index contributed by atoms with van der Waals surface area (Å²) in [7, 11) is 0. The van der Waals surface area contributed by atoms with Crippen molar-refractivity contribution in [3.8, 4) is 0 Å². The Bertz CT molecular complexity index is 694. The van der Waals surface area contributed by atoms with Gasteiger partial charge in [0, 0.05) is 35.8 Å². The summed E-state index contributed by atoms with van der Waals surface area (Å²) in [6.07, 6.45) is 9.24. The molecule has 4 rings (SSSR count). The molecule has 5 nitrogen and oxygen atoms in total. The molecule has 0 amide bonds. The molecule has 1 aliphatic heterocycles. The summed E-state index contributed by atoms with van der Waals surface area (Å²) in [4.78, 5) is 2.56. The van der Waals surface area contributed by atoms with E-state index < -0.39 is 0 Å². The van der Waals surface area contributed by atoms with E-state index >= 15 is 0 Å². The van der Waals surface area contributed by atoms with E-state index in [2.05, 4.69) is 33.7 Å². The number of fused-ring (bicyclic) bond motifs is 1. The second kappa shape index (κ2) is 6.71. The molecule has 1 aliphatic carbocycles. The van der Waals surface area contributed by atoms with Gasteiger partial charge in [-0.15, -0.1) is 0 Å². The van der Waals surface area contributed by atoms with Crippen molar-refractivity contribution in [3.63, 3.8) is 0 Å². The largest absolute Gasteiger partial charge is 0.361 e. The number of nitrogens with zero attached hydrogens (tertiary/aromatic N) is 4. The molecule has 0 bridgehead atoms. The molecular weight excluding hydrogens is 300 g/mol. The van der Waals surface area contributed by atoms with Crippen molar-refractivity contribution in [1.82, 2.24) is 19.8 Å². The first-order valence-corrected chi connectivity index (χ1v) is 9.47. The van der Waals surface area contributed by atoms with Gasteiger partial charge in [-0.3, -0.25) is 9.58 Å². The van der Waals surface area contributed by atoms with E-state index in [0.717, 1.165) is 32.6 Å². The molecule has 0 N–H and O–H groups in total. The summed E-state index contributed by atoms with van der Waals surface area (Å²) in [5, 5.41) is 8.81. The molecule has 0 radical (unpaired) electrons. The highest BCUT2D eigenvalue weighted by Crippen LogP contribution is 2.35. The maximum Gasteiger partial charge on any atom is 0.143 e. The molecule has 2 aromatic heterocycles. The summed E-state index contributed by atoms with van der Waals surface area (Å²) < 4.78 is 7.85. The van der Waals surface area contributed by atoms with Crippen LogP contribution in [0.2, 0.25) is 0 Å². The third-order valence-electron chi connectivity index (χ3n) is 5.85. The smallest absolute Gasteiger partial charge is 0.143 e. The first-order chi connectivity index (χ1) is 11.8. The fourth-order valence-electron chi connectivity index (χ4n) is 4.29. The van der Waals surface area contributed by atoms with Gasteiger partial charge in [0.15, 0.2) is 0 Å². The van der Waals surface area contributed by atoms with Crippen molar-refractivity contribution in [2.45, 2.75) is 71.4 Å². The number of piperidine rings is 1. The minimum atomic E-state index is 0.565. The van der Waals surface area contributed by atoms with Crippen molar-refractivity contribution < 1.29 is 4.52 Å². The van der Waals surface area contributed by atoms with Gasteiger partial charge in [-0.2, -0.15) is 5.10 Å². The number of likely N-dealkylation sites (tertiary alicyclic amines) is 1. The van der Waals surface area contributed by atoms with Crippen molar-refractivity contribution >= 4 is 0 Å². The zero-order valence-corrected chi connectivity index (χ0v) is 14.9. The van der Waals surface area contributed by atoms with Crippen LogP contribution in [-0.2, 0) is 25.9 Å². The van der Waals surface area contributed by atoms with E-state index in [-0.39, 0.29) is 0 Å². The molecule has 0 saturated carbocycles. The zero-order valence-electron chi connectivity index (χ0n) is 14.9. The van der Waals surface area contributed by atoms with E-state index in [1.807, 2.05) is 6.20 Å². The summed E-state index contributed by atoms with van der Waals surface area (Å²) in [5.41, 5.74) is 5.36. The van der Waals surface area contributed by atoms with Gasteiger partial charge in [0.2, 0.25) is 0 Å². The quantitative estimate of drug-likeness (QED) is 0.862. The predicted molar refractivity (Wildman–Crippen MR) is 93.0 cm³/mol. The van der Waals surface area contributed by atoms with Crippen molar-refractivity contribution in [2.24, 2.45) is 0 Å². The zero-order chi connectivity index (χ0) is 16.5. The fraction of sp³-hybridized carbons (Fsp3) is 0.684. The van der Waals surface area contributed by atoms with E-state index in [0.29, 0.717) is 5.92 Å². The van der Waals surface area contributed by atoms with E-state index in [4.69, 9.17) is 4.52 Å². The van der Waals surface area contributed by atoms with Gasteiger partial charge in [0.05, 0.1) is 11.9 Å². The maximum absolute atomic E-state index is 5.77. The highest BCUT2D eigenvalue weighted by Gasteiger charge is 2.29. The van der Waals surface area contributed by atoms with Crippen LogP contribution in [0.15, 0.2) is 10.7 Å². The van der Waals surface area contributed by atoms with Gasteiger partial charge < -0.3 is 4.52 Å². The first kappa shape index (κ1) is 15.9. The van der Waals surface area contributed by atoms with Gasteiger partial charge in [-0.1, -0.05) is 5.16 Å². The molecule has 0 unspecified atom stereocenters. The van der Waals surface area contributed by atoms with Crippen LogP contribution in [0.3, 0.4) is 0 Å². The van der Waals surface area contributed by atoms with Crippen LogP contribution in [0.25, 0.3) is 0 Å². The molecule has 0 spiro atoms. The summed E-state index contributed by atoms with van der Waals surface area (Å²) in [5.74, 6) is 1.77. The second-order valence-corrected chi connectivity index (χ2v) is 7.30. The summed E-state index contributed by atoms with van der Waals surface area (Å²) in [6, 6.07) is 0. The van der Waals surface area contributed by atoms with Gasteiger partial charge in [0.1, 0.15) is 5.76 Å². The van der Waals surface area contributed by atoms with Gasteiger partial charge in [-0.25, -0.2) is 0 Å². The maximum atomic E-state index is 5.77. The Hall–Kier alpha value is -1.62. The molecule has 0 atom stereocenters. The average molecular weight is 328 g/mol.